The van der Waals surface area contributed by atoms with Gasteiger partial charge in [0.2, 0.25) is 11.8 Å². The fourth-order valence-corrected chi connectivity index (χ4v) is 2.23. The summed E-state index contributed by atoms with van der Waals surface area (Å²) in [5.74, 6) is -0.568. The normalized spacial score (nSPS) is 10.4. The minimum Gasteiger partial charge on any atom is -0.483 e. The molecule has 3 aromatic rings. The highest BCUT2D eigenvalue weighted by Crippen LogP contribution is 2.24. The molecule has 0 atom stereocenters. The molecule has 2 N–H and O–H groups in total. The van der Waals surface area contributed by atoms with Crippen LogP contribution in [0.2, 0.25) is 0 Å². The number of esters is 1. The van der Waals surface area contributed by atoms with Gasteiger partial charge >= 0.3 is 5.97 Å². The van der Waals surface area contributed by atoms with Gasteiger partial charge in [0, 0.05) is 5.39 Å². The first kappa shape index (κ1) is 16.4. The molecule has 0 saturated carbocycles. The van der Waals surface area contributed by atoms with Gasteiger partial charge in [0.1, 0.15) is 5.75 Å². The molecular formula is C17H16N4O4. The van der Waals surface area contributed by atoms with Gasteiger partial charge in [-0.3, -0.25) is 15.2 Å². The zero-order valence-corrected chi connectivity index (χ0v) is 13.5. The lowest BCUT2D eigenvalue weighted by atomic mass is 10.1. The summed E-state index contributed by atoms with van der Waals surface area (Å²) < 4.78 is 10.4. The van der Waals surface area contributed by atoms with Crippen molar-refractivity contribution in [1.82, 2.24) is 15.2 Å². The number of carbonyl (C=O) groups is 2. The molecule has 2 aromatic carbocycles. The predicted octanol–water partition coefficient (Wildman–Crippen LogP) is 2.15. The van der Waals surface area contributed by atoms with Crippen LogP contribution in [0.4, 0.5) is 5.95 Å². The van der Waals surface area contributed by atoms with E-state index >= 15 is 0 Å². The number of H-pyrrole nitrogens is 1. The molecule has 0 unspecified atom stereocenters. The predicted molar refractivity (Wildman–Crippen MR) is 90.4 cm³/mol. The zero-order valence-electron chi connectivity index (χ0n) is 13.5. The highest BCUT2D eigenvalue weighted by Gasteiger charge is 2.14. The van der Waals surface area contributed by atoms with Crippen molar-refractivity contribution in [2.45, 2.75) is 6.92 Å². The second-order valence-electron chi connectivity index (χ2n) is 5.04. The van der Waals surface area contributed by atoms with Gasteiger partial charge in [0.05, 0.1) is 6.61 Å². The van der Waals surface area contributed by atoms with Crippen LogP contribution in [0, 0.1) is 0 Å². The van der Waals surface area contributed by atoms with E-state index in [0.29, 0.717) is 5.75 Å². The molecule has 8 heteroatoms. The molecule has 0 saturated heterocycles. The fourth-order valence-electron chi connectivity index (χ4n) is 2.23. The number of ether oxygens (including phenoxy) is 2. The highest BCUT2D eigenvalue weighted by molar-refractivity contribution is 5.92. The van der Waals surface area contributed by atoms with E-state index in [1.165, 1.54) is 0 Å². The number of hydrogen-bond donors (Lipinski definition) is 2. The summed E-state index contributed by atoms with van der Waals surface area (Å²) in [6.45, 7) is 1.69. The van der Waals surface area contributed by atoms with Crippen LogP contribution in [0.3, 0.4) is 0 Å². The second-order valence-corrected chi connectivity index (χ2v) is 5.04. The van der Waals surface area contributed by atoms with Gasteiger partial charge in [0.25, 0.3) is 5.91 Å². The first-order valence-electron chi connectivity index (χ1n) is 7.67. The Morgan fingerprint density at radius 2 is 1.96 bits per heavy atom. The maximum Gasteiger partial charge on any atom is 0.375 e. The Morgan fingerprint density at radius 1 is 1.16 bits per heavy atom. The lowest BCUT2D eigenvalue weighted by Gasteiger charge is -2.08. The van der Waals surface area contributed by atoms with E-state index in [4.69, 9.17) is 9.47 Å². The Kier molecular flexibility index (Phi) is 4.89. The molecule has 1 heterocycles. The van der Waals surface area contributed by atoms with Gasteiger partial charge in [-0.1, -0.05) is 36.4 Å². The van der Waals surface area contributed by atoms with Gasteiger partial charge in [-0.25, -0.2) is 4.79 Å². The Hall–Kier alpha value is -3.42. The number of aromatic nitrogens is 3. The molecule has 0 spiro atoms. The van der Waals surface area contributed by atoms with Crippen molar-refractivity contribution >= 4 is 28.6 Å². The number of nitrogens with one attached hydrogen (secondary N) is 2. The monoisotopic (exact) mass is 340 g/mol. The van der Waals surface area contributed by atoms with Gasteiger partial charge in [-0.15, -0.1) is 5.10 Å². The maximum absolute atomic E-state index is 12.0. The summed E-state index contributed by atoms with van der Waals surface area (Å²) in [6, 6.07) is 13.3. The number of amides is 1. The van der Waals surface area contributed by atoms with Crippen LogP contribution in [0.1, 0.15) is 17.5 Å². The molecule has 1 amide bonds. The Morgan fingerprint density at radius 3 is 2.80 bits per heavy atom. The van der Waals surface area contributed by atoms with E-state index < -0.39 is 11.9 Å². The van der Waals surface area contributed by atoms with Crippen LogP contribution in [0.25, 0.3) is 10.8 Å². The van der Waals surface area contributed by atoms with Gasteiger partial charge in [-0.2, -0.15) is 4.98 Å². The third-order valence-corrected chi connectivity index (χ3v) is 3.31. The smallest absolute Gasteiger partial charge is 0.375 e. The quantitative estimate of drug-likeness (QED) is 0.666. The molecule has 0 bridgehead atoms. The summed E-state index contributed by atoms with van der Waals surface area (Å²) in [5.41, 5.74) is 0. The van der Waals surface area contributed by atoms with Crippen molar-refractivity contribution in [1.29, 1.82) is 0 Å². The lowest BCUT2D eigenvalue weighted by molar-refractivity contribution is -0.118. The molecule has 0 aliphatic rings. The molecule has 0 aliphatic carbocycles. The summed E-state index contributed by atoms with van der Waals surface area (Å²) in [4.78, 5) is 27.3. The van der Waals surface area contributed by atoms with Gasteiger partial charge in [-0.05, 0) is 18.4 Å². The summed E-state index contributed by atoms with van der Waals surface area (Å²) in [5, 5.41) is 10.5. The Labute approximate surface area is 143 Å². The molecule has 1 aromatic heterocycles. The van der Waals surface area contributed by atoms with Gasteiger partial charge in [0.15, 0.2) is 6.61 Å². The van der Waals surface area contributed by atoms with Crippen LogP contribution in [0.15, 0.2) is 42.5 Å². The Balaban J connectivity index is 1.60. The number of benzene rings is 2. The number of anilines is 1. The van der Waals surface area contributed by atoms with E-state index in [1.807, 2.05) is 36.4 Å². The van der Waals surface area contributed by atoms with Crippen molar-refractivity contribution in [2.75, 3.05) is 18.5 Å². The standard InChI is InChI=1S/C17H16N4O4/c1-2-24-16(23)15-19-17(21-20-15)18-14(22)10-25-13-9-5-7-11-6-3-4-8-12(11)13/h3-9H,2,10H2,1H3,(H2,18,19,20,21,22). The van der Waals surface area contributed by atoms with E-state index in [0.717, 1.165) is 10.8 Å². The molecule has 0 aliphatic heterocycles. The number of aromatic amines is 1. The molecular weight excluding hydrogens is 324 g/mol. The third kappa shape index (κ3) is 3.92. The van der Waals surface area contributed by atoms with E-state index in [-0.39, 0.29) is 25.0 Å². The van der Waals surface area contributed by atoms with Crippen molar-refractivity contribution in [3.63, 3.8) is 0 Å². The first-order chi connectivity index (χ1) is 12.2. The average molecular weight is 340 g/mol. The molecule has 0 radical (unpaired) electrons. The van der Waals surface area contributed by atoms with E-state index in [2.05, 4.69) is 20.5 Å². The van der Waals surface area contributed by atoms with Crippen molar-refractivity contribution in [3.8, 4) is 5.75 Å². The van der Waals surface area contributed by atoms with Crippen molar-refractivity contribution in [3.05, 3.63) is 48.3 Å². The molecule has 25 heavy (non-hydrogen) atoms. The number of carbonyl (C=O) groups excluding carboxylic acids is 2. The van der Waals surface area contributed by atoms with Crippen LogP contribution >= 0.6 is 0 Å². The Bertz CT molecular complexity index is 901. The fraction of sp³-hybridized carbons (Fsp3) is 0.176. The van der Waals surface area contributed by atoms with Crippen LogP contribution in [0.5, 0.6) is 5.75 Å². The van der Waals surface area contributed by atoms with E-state index in [1.54, 1.807) is 13.0 Å². The van der Waals surface area contributed by atoms with Crippen molar-refractivity contribution < 1.29 is 19.1 Å². The molecule has 128 valence electrons. The highest BCUT2D eigenvalue weighted by atomic mass is 16.5. The topological polar surface area (TPSA) is 106 Å². The number of rotatable bonds is 6. The molecule has 3 rings (SSSR count). The minimum atomic E-state index is -0.637. The number of nitrogens with zero attached hydrogens (tertiary/aromatic N) is 2. The summed E-state index contributed by atoms with van der Waals surface area (Å²) in [6.07, 6.45) is 0. The average Bonchev–Trinajstić information content (AvgIpc) is 3.08. The van der Waals surface area contributed by atoms with Crippen LogP contribution < -0.4 is 10.1 Å². The minimum absolute atomic E-state index is 0.0189. The van der Waals surface area contributed by atoms with E-state index in [9.17, 15) is 9.59 Å². The largest absolute Gasteiger partial charge is 0.483 e. The van der Waals surface area contributed by atoms with Crippen molar-refractivity contribution in [2.24, 2.45) is 0 Å². The van der Waals surface area contributed by atoms with Gasteiger partial charge < -0.3 is 9.47 Å². The first-order valence-corrected chi connectivity index (χ1v) is 7.67. The zero-order chi connectivity index (χ0) is 17.6. The molecule has 0 fully saturated rings. The number of hydrogen-bond acceptors (Lipinski definition) is 6. The second kappa shape index (κ2) is 7.43. The SMILES string of the molecule is CCOC(=O)c1nc(NC(=O)COc2cccc3ccccc23)n[nH]1. The molecule has 8 nitrogen and oxygen atoms in total. The maximum atomic E-state index is 12.0. The van der Waals surface area contributed by atoms with Crippen LogP contribution in [-0.2, 0) is 9.53 Å². The van der Waals surface area contributed by atoms with Crippen LogP contribution in [-0.4, -0.2) is 40.3 Å². The third-order valence-electron chi connectivity index (χ3n) is 3.31. The lowest BCUT2D eigenvalue weighted by Crippen LogP contribution is -2.21. The summed E-state index contributed by atoms with van der Waals surface area (Å²) >= 11 is 0. The number of fused-ring (bicyclic) bond motifs is 1. The summed E-state index contributed by atoms with van der Waals surface area (Å²) in [7, 11) is 0.